The van der Waals surface area contributed by atoms with Crippen LogP contribution in [0.4, 0.5) is 0 Å². The van der Waals surface area contributed by atoms with E-state index >= 15 is 0 Å². The minimum absolute atomic E-state index is 1.74. The fourth-order valence-electron chi connectivity index (χ4n) is 0.340. The molecule has 0 amide bonds. The van der Waals surface area contributed by atoms with E-state index in [9.17, 15) is 0 Å². The molecule has 6 heteroatoms. The van der Waals surface area contributed by atoms with E-state index in [0.29, 0.717) is 0 Å². The molecule has 0 radical (unpaired) electrons. The minimum Gasteiger partial charge on any atom is -0.419 e. The first-order valence-electron chi connectivity index (χ1n) is 2.67. The Labute approximate surface area is 77.3 Å². The summed E-state index contributed by atoms with van der Waals surface area (Å²) in [6.45, 7) is 7.45. The average molecular weight is 236 g/mol. The van der Waals surface area contributed by atoms with Crippen molar-refractivity contribution in [3.8, 4) is 0 Å². The van der Waals surface area contributed by atoms with E-state index in [-0.39, 0.29) is 0 Å². The van der Waals surface area contributed by atoms with Gasteiger partial charge in [0, 0.05) is 0 Å². The molecule has 0 N–H and O–H groups in total. The lowest BCUT2D eigenvalue weighted by molar-refractivity contribution is 0.606. The van der Waals surface area contributed by atoms with Crippen molar-refractivity contribution >= 4 is 47.8 Å². The molecule has 0 fully saturated rings. The summed E-state index contributed by atoms with van der Waals surface area (Å²) in [6, 6.07) is 0. The van der Waals surface area contributed by atoms with Crippen LogP contribution in [0.15, 0.2) is 12.3 Å². The third-order valence-electron chi connectivity index (χ3n) is 0.870. The Morgan fingerprint density at radius 1 is 1.30 bits per heavy atom. The van der Waals surface area contributed by atoms with Crippen LogP contribution in [0.5, 0.6) is 0 Å². The van der Waals surface area contributed by atoms with Crippen LogP contribution in [-0.2, 0) is 4.12 Å². The first-order chi connectivity index (χ1) is 4.27. The van der Waals surface area contributed by atoms with Crippen molar-refractivity contribution < 1.29 is 4.12 Å². The van der Waals surface area contributed by atoms with Gasteiger partial charge in [-0.15, -0.1) is 6.58 Å². The Kier molecular flexibility index (Phi) is 3.96. The van der Waals surface area contributed by atoms with E-state index in [1.54, 1.807) is 5.70 Å². The third-order valence-corrected chi connectivity index (χ3v) is 6.97. The van der Waals surface area contributed by atoms with E-state index in [0.717, 1.165) is 0 Å². The summed E-state index contributed by atoms with van der Waals surface area (Å²) in [5.41, 5.74) is 1.74. The normalized spacial score (nSPS) is 13.3. The molecule has 0 unspecified atom stereocenters. The minimum atomic E-state index is -2.91. The van der Waals surface area contributed by atoms with E-state index in [1.165, 1.54) is 0 Å². The van der Waals surface area contributed by atoms with Crippen molar-refractivity contribution in [2.45, 2.75) is 13.1 Å². The summed E-state index contributed by atoms with van der Waals surface area (Å²) in [5.74, 6) is 0. The second kappa shape index (κ2) is 3.60. The highest BCUT2D eigenvalue weighted by Gasteiger charge is 2.35. The van der Waals surface area contributed by atoms with Gasteiger partial charge in [0.15, 0.2) is 0 Å². The molecule has 0 aliphatic carbocycles. The van der Waals surface area contributed by atoms with E-state index < -0.39 is 14.6 Å². The number of halogens is 3. The maximum absolute atomic E-state index is 5.53. The predicted octanol–water partition coefficient (Wildman–Crippen LogP) is 3.09. The van der Waals surface area contributed by atoms with Crippen molar-refractivity contribution in [2.24, 2.45) is 0 Å². The summed E-state index contributed by atoms with van der Waals surface area (Å²) in [5, 5.41) is 0. The number of hydrogen-bond donors (Lipinski definition) is 0. The molecule has 0 saturated carbocycles. The second-order valence-corrected chi connectivity index (χ2v) is 14.2. The molecule has 0 heterocycles. The Morgan fingerprint density at radius 3 is 1.80 bits per heavy atom. The van der Waals surface area contributed by atoms with Gasteiger partial charge in [0.1, 0.15) is 0 Å². The van der Waals surface area contributed by atoms with Gasteiger partial charge in [0.2, 0.25) is 8.32 Å². The van der Waals surface area contributed by atoms with Gasteiger partial charge in [-0.25, -0.2) is 0 Å². The molecule has 0 saturated heterocycles. The van der Waals surface area contributed by atoms with Crippen molar-refractivity contribution in [1.29, 1.82) is 0 Å². The summed E-state index contributed by atoms with van der Waals surface area (Å²) in [7, 11) is -1.88. The molecule has 0 atom stereocenters. The molecular formula is C4H9Cl3OSi2. The molecule has 10 heavy (non-hydrogen) atoms. The fraction of sp³-hybridized carbons (Fsp3) is 0.500. The molecule has 60 valence electrons. The van der Waals surface area contributed by atoms with Gasteiger partial charge in [-0.05, 0) is 13.1 Å². The Bertz CT molecular complexity index is 131. The lowest BCUT2D eigenvalue weighted by Gasteiger charge is -2.22. The predicted molar refractivity (Wildman–Crippen MR) is 52.1 cm³/mol. The largest absolute Gasteiger partial charge is 0.483 e. The van der Waals surface area contributed by atoms with Gasteiger partial charge in [-0.1, -0.05) is 38.9 Å². The smallest absolute Gasteiger partial charge is 0.419 e. The van der Waals surface area contributed by atoms with Crippen LogP contribution in [0, 0.1) is 0 Å². The first kappa shape index (κ1) is 11.0. The Hall–Kier alpha value is 1.00. The Balaban J connectivity index is 4.01. The maximum atomic E-state index is 5.53. The summed E-state index contributed by atoms with van der Waals surface area (Å²) < 4.78 is 5.23. The van der Waals surface area contributed by atoms with Crippen molar-refractivity contribution in [1.82, 2.24) is 0 Å². The van der Waals surface area contributed by atoms with Crippen LogP contribution in [0.25, 0.3) is 0 Å². The zero-order valence-corrected chi connectivity index (χ0v) is 10.1. The van der Waals surface area contributed by atoms with Gasteiger partial charge in [-0.2, -0.15) is 0 Å². The standard InChI is InChI=1S/C4H9Cl3OSi2/c1-4-9(2,3)8-10(5,6)7/h4H,1H2,2-3H3. The van der Waals surface area contributed by atoms with Crippen LogP contribution < -0.4 is 0 Å². The molecule has 0 aliphatic heterocycles. The van der Waals surface area contributed by atoms with Crippen molar-refractivity contribution in [3.63, 3.8) is 0 Å². The zero-order chi connectivity index (χ0) is 8.41. The highest BCUT2D eigenvalue weighted by atomic mass is 35.8. The molecule has 1 nitrogen and oxygen atoms in total. The summed E-state index contributed by atoms with van der Waals surface area (Å²) in [6.07, 6.45) is -2.91. The van der Waals surface area contributed by atoms with Gasteiger partial charge in [-0.3, -0.25) is 0 Å². The fourth-order valence-corrected chi connectivity index (χ4v) is 8.43. The first-order valence-corrected chi connectivity index (χ1v) is 10.6. The maximum Gasteiger partial charge on any atom is 0.483 e. The molecule has 0 aliphatic rings. The van der Waals surface area contributed by atoms with Crippen LogP contribution in [0.2, 0.25) is 13.1 Å². The summed E-state index contributed by atoms with van der Waals surface area (Å²) in [4.78, 5) is 0. The van der Waals surface area contributed by atoms with E-state index in [4.69, 9.17) is 37.4 Å². The average Bonchev–Trinajstić information content (AvgIpc) is 1.60. The lowest BCUT2D eigenvalue weighted by atomic mass is 11.3. The van der Waals surface area contributed by atoms with Crippen molar-refractivity contribution in [2.75, 3.05) is 0 Å². The molecule has 0 bridgehead atoms. The quantitative estimate of drug-likeness (QED) is 0.540. The SMILES string of the molecule is C=C[Si](C)(C)O[Si](Cl)(Cl)Cl. The highest BCUT2D eigenvalue weighted by molar-refractivity contribution is 7.63. The third kappa shape index (κ3) is 5.76. The topological polar surface area (TPSA) is 9.23 Å². The van der Waals surface area contributed by atoms with E-state index in [2.05, 4.69) is 6.58 Å². The summed E-state index contributed by atoms with van der Waals surface area (Å²) >= 11 is 16.6. The van der Waals surface area contributed by atoms with Crippen LogP contribution >= 0.6 is 33.2 Å². The number of hydrogen-bond acceptors (Lipinski definition) is 1. The van der Waals surface area contributed by atoms with E-state index in [1.807, 2.05) is 13.1 Å². The van der Waals surface area contributed by atoms with Gasteiger partial charge in [0.25, 0.3) is 0 Å². The van der Waals surface area contributed by atoms with Crippen LogP contribution in [0.3, 0.4) is 0 Å². The van der Waals surface area contributed by atoms with Gasteiger partial charge in [0.05, 0.1) is 0 Å². The molecule has 0 aromatic heterocycles. The molecule has 0 rings (SSSR count). The zero-order valence-electron chi connectivity index (χ0n) is 5.83. The second-order valence-electron chi connectivity index (χ2n) is 2.36. The van der Waals surface area contributed by atoms with Crippen molar-refractivity contribution in [3.05, 3.63) is 12.3 Å². The molecule has 0 spiro atoms. The molecule has 0 aromatic carbocycles. The Morgan fingerprint density at radius 2 is 1.70 bits per heavy atom. The van der Waals surface area contributed by atoms with Gasteiger partial charge < -0.3 is 4.12 Å². The monoisotopic (exact) mass is 234 g/mol. The molecule has 0 aromatic rings. The number of rotatable bonds is 3. The lowest BCUT2D eigenvalue weighted by Crippen LogP contribution is -2.36. The highest BCUT2D eigenvalue weighted by Crippen LogP contribution is 2.25. The molecular weight excluding hydrogens is 227 g/mol. The van der Waals surface area contributed by atoms with Crippen LogP contribution in [-0.4, -0.2) is 14.6 Å². The van der Waals surface area contributed by atoms with Crippen LogP contribution in [0.1, 0.15) is 0 Å². The van der Waals surface area contributed by atoms with Gasteiger partial charge >= 0.3 is 6.25 Å².